The van der Waals surface area contributed by atoms with Crippen molar-refractivity contribution < 1.29 is 9.47 Å². The molecule has 0 aliphatic rings. The molecule has 2 aromatic rings. The molecule has 0 unspecified atom stereocenters. The summed E-state index contributed by atoms with van der Waals surface area (Å²) < 4.78 is 12.4. The van der Waals surface area contributed by atoms with Crippen molar-refractivity contribution in [2.45, 2.75) is 20.0 Å². The van der Waals surface area contributed by atoms with Gasteiger partial charge < -0.3 is 15.2 Å². The second kappa shape index (κ2) is 7.48. The summed E-state index contributed by atoms with van der Waals surface area (Å²) >= 11 is 3.48. The lowest BCUT2D eigenvalue weighted by molar-refractivity contribution is 0.292. The van der Waals surface area contributed by atoms with E-state index in [1.54, 1.807) is 7.11 Å². The van der Waals surface area contributed by atoms with Gasteiger partial charge in [0.2, 0.25) is 0 Å². The highest BCUT2D eigenvalue weighted by molar-refractivity contribution is 9.10. The van der Waals surface area contributed by atoms with Crippen LogP contribution in [-0.2, 0) is 13.0 Å². The lowest BCUT2D eigenvalue weighted by Gasteiger charge is -2.15. The van der Waals surface area contributed by atoms with Crippen LogP contribution in [-0.4, -0.2) is 13.7 Å². The second-order valence-electron chi connectivity index (χ2n) is 4.85. The summed E-state index contributed by atoms with van der Waals surface area (Å²) in [7, 11) is 1.67. The van der Waals surface area contributed by atoms with Gasteiger partial charge in [-0.05, 0) is 49.2 Å². The van der Waals surface area contributed by atoms with Gasteiger partial charge in [-0.1, -0.05) is 34.1 Å². The van der Waals surface area contributed by atoms with Crippen molar-refractivity contribution in [2.75, 3.05) is 13.7 Å². The van der Waals surface area contributed by atoms with Gasteiger partial charge >= 0.3 is 0 Å². The number of rotatable bonds is 6. The van der Waals surface area contributed by atoms with Gasteiger partial charge in [0, 0.05) is 10.0 Å². The zero-order valence-corrected chi connectivity index (χ0v) is 13.9. The first-order valence-corrected chi connectivity index (χ1v) is 7.68. The summed E-state index contributed by atoms with van der Waals surface area (Å²) in [5.41, 5.74) is 8.94. The molecule has 2 N–H and O–H groups in total. The minimum absolute atomic E-state index is 0.463. The third-order valence-corrected chi connectivity index (χ3v) is 3.81. The van der Waals surface area contributed by atoms with E-state index in [4.69, 9.17) is 15.2 Å². The van der Waals surface area contributed by atoms with Crippen LogP contribution >= 0.6 is 15.9 Å². The first kappa shape index (κ1) is 15.9. The number of benzene rings is 2. The van der Waals surface area contributed by atoms with Crippen LogP contribution in [0.5, 0.6) is 11.5 Å². The highest BCUT2D eigenvalue weighted by Gasteiger charge is 2.09. The first-order valence-electron chi connectivity index (χ1n) is 6.89. The average molecular weight is 350 g/mol. The molecular weight excluding hydrogens is 330 g/mol. The summed E-state index contributed by atoms with van der Waals surface area (Å²) in [5, 5.41) is 0. The third-order valence-electron chi connectivity index (χ3n) is 3.32. The summed E-state index contributed by atoms with van der Waals surface area (Å²) in [6.07, 6.45) is 0.812. The van der Waals surface area contributed by atoms with Crippen molar-refractivity contribution in [1.29, 1.82) is 0 Å². The summed E-state index contributed by atoms with van der Waals surface area (Å²) in [4.78, 5) is 0. The topological polar surface area (TPSA) is 44.5 Å². The predicted molar refractivity (Wildman–Crippen MR) is 89.0 cm³/mol. The normalized spacial score (nSPS) is 10.5. The Morgan fingerprint density at radius 3 is 2.67 bits per heavy atom. The zero-order chi connectivity index (χ0) is 15.2. The zero-order valence-electron chi connectivity index (χ0n) is 12.4. The third kappa shape index (κ3) is 3.99. The van der Waals surface area contributed by atoms with Gasteiger partial charge in [-0.2, -0.15) is 0 Å². The van der Waals surface area contributed by atoms with Crippen molar-refractivity contribution in [3.8, 4) is 11.5 Å². The highest BCUT2D eigenvalue weighted by atomic mass is 79.9. The van der Waals surface area contributed by atoms with E-state index in [2.05, 4.69) is 22.0 Å². The molecule has 0 radical (unpaired) electrons. The Bertz CT molecular complexity index is 614. The average Bonchev–Trinajstić information content (AvgIpc) is 2.47. The number of halogens is 1. The van der Waals surface area contributed by atoms with Gasteiger partial charge in [-0.25, -0.2) is 0 Å². The summed E-state index contributed by atoms with van der Waals surface area (Å²) in [6, 6.07) is 12.0. The van der Waals surface area contributed by atoms with Crippen molar-refractivity contribution in [2.24, 2.45) is 5.73 Å². The van der Waals surface area contributed by atoms with Gasteiger partial charge in [-0.3, -0.25) is 0 Å². The minimum Gasteiger partial charge on any atom is -0.496 e. The van der Waals surface area contributed by atoms with Gasteiger partial charge in [0.05, 0.1) is 7.11 Å². The maximum absolute atomic E-state index is 6.05. The van der Waals surface area contributed by atoms with Gasteiger partial charge in [-0.15, -0.1) is 0 Å². The van der Waals surface area contributed by atoms with E-state index < -0.39 is 0 Å². The number of hydrogen-bond donors (Lipinski definition) is 1. The molecule has 0 aliphatic carbocycles. The van der Waals surface area contributed by atoms with Crippen LogP contribution in [0.2, 0.25) is 0 Å². The van der Waals surface area contributed by atoms with Crippen LogP contribution in [0.3, 0.4) is 0 Å². The fraction of sp³-hybridized carbons (Fsp3) is 0.294. The molecule has 3 nitrogen and oxygen atoms in total. The van der Waals surface area contributed by atoms with E-state index >= 15 is 0 Å². The fourth-order valence-electron chi connectivity index (χ4n) is 2.28. The molecule has 0 atom stereocenters. The molecule has 0 aromatic heterocycles. The van der Waals surface area contributed by atoms with Crippen LogP contribution in [0.1, 0.15) is 16.7 Å². The fourth-order valence-corrected chi connectivity index (χ4v) is 2.69. The smallest absolute Gasteiger partial charge is 0.125 e. The van der Waals surface area contributed by atoms with E-state index in [-0.39, 0.29) is 0 Å². The maximum Gasteiger partial charge on any atom is 0.125 e. The van der Waals surface area contributed by atoms with Crippen molar-refractivity contribution in [1.82, 2.24) is 0 Å². The molecule has 112 valence electrons. The number of methoxy groups -OCH3 is 1. The maximum atomic E-state index is 6.05. The molecule has 0 saturated carbocycles. The Hall–Kier alpha value is -1.52. The summed E-state index contributed by atoms with van der Waals surface area (Å²) in [6.45, 7) is 3.12. The molecule has 0 amide bonds. The Balaban J connectivity index is 2.22. The minimum atomic E-state index is 0.463. The van der Waals surface area contributed by atoms with Crippen LogP contribution in [0, 0.1) is 6.92 Å². The van der Waals surface area contributed by atoms with E-state index in [0.717, 1.165) is 39.1 Å². The lowest BCUT2D eigenvalue weighted by Crippen LogP contribution is -2.07. The molecule has 4 heteroatoms. The van der Waals surface area contributed by atoms with Crippen molar-refractivity contribution in [3.05, 3.63) is 57.6 Å². The van der Waals surface area contributed by atoms with Crippen LogP contribution in [0.15, 0.2) is 40.9 Å². The number of aryl methyl sites for hydroxylation is 1. The monoisotopic (exact) mass is 349 g/mol. The van der Waals surface area contributed by atoms with Crippen molar-refractivity contribution in [3.63, 3.8) is 0 Å². The molecule has 2 rings (SSSR count). The Morgan fingerprint density at radius 1 is 1.14 bits per heavy atom. The SMILES string of the molecule is COc1ccc(Br)cc1COc1c(C)cccc1CCN. The standard InChI is InChI=1S/C17H20BrNO2/c1-12-4-3-5-13(8-9-19)17(12)21-11-14-10-15(18)6-7-16(14)20-2/h3-7,10H,8-9,11,19H2,1-2H3. The lowest BCUT2D eigenvalue weighted by atomic mass is 10.1. The van der Waals surface area contributed by atoms with Gasteiger partial charge in [0.25, 0.3) is 0 Å². The number of nitrogens with two attached hydrogens (primary N) is 1. The molecule has 0 spiro atoms. The molecule has 0 saturated heterocycles. The Morgan fingerprint density at radius 2 is 1.95 bits per heavy atom. The first-order chi connectivity index (χ1) is 10.2. The summed E-state index contributed by atoms with van der Waals surface area (Å²) in [5.74, 6) is 1.75. The molecule has 21 heavy (non-hydrogen) atoms. The highest BCUT2D eigenvalue weighted by Crippen LogP contribution is 2.28. The Labute approximate surface area is 134 Å². The number of ether oxygens (including phenoxy) is 2. The van der Waals surface area contributed by atoms with Crippen LogP contribution in [0.25, 0.3) is 0 Å². The quantitative estimate of drug-likeness (QED) is 0.861. The van der Waals surface area contributed by atoms with Gasteiger partial charge in [0.15, 0.2) is 0 Å². The predicted octanol–water partition coefficient (Wildman–Crippen LogP) is 3.85. The van der Waals surface area contributed by atoms with Crippen LogP contribution < -0.4 is 15.2 Å². The Kier molecular flexibility index (Phi) is 5.65. The molecule has 0 heterocycles. The van der Waals surface area contributed by atoms with E-state index in [1.165, 1.54) is 0 Å². The molecule has 0 fully saturated rings. The van der Waals surface area contributed by atoms with Gasteiger partial charge in [0.1, 0.15) is 18.1 Å². The molecular formula is C17H20BrNO2. The second-order valence-corrected chi connectivity index (χ2v) is 5.76. The number of para-hydroxylation sites is 1. The van der Waals surface area contributed by atoms with Crippen LogP contribution in [0.4, 0.5) is 0 Å². The molecule has 2 aromatic carbocycles. The number of hydrogen-bond acceptors (Lipinski definition) is 3. The van der Waals surface area contributed by atoms with Crippen molar-refractivity contribution >= 4 is 15.9 Å². The van der Waals surface area contributed by atoms with E-state index in [9.17, 15) is 0 Å². The largest absolute Gasteiger partial charge is 0.496 e. The molecule has 0 aliphatic heterocycles. The van der Waals surface area contributed by atoms with E-state index in [0.29, 0.717) is 13.2 Å². The molecule has 0 bridgehead atoms. The van der Waals surface area contributed by atoms with E-state index in [1.807, 2.05) is 37.3 Å².